The smallest absolute Gasteiger partial charge is 0.0593 e. The van der Waals surface area contributed by atoms with Gasteiger partial charge in [0.2, 0.25) is 0 Å². The van der Waals surface area contributed by atoms with Gasteiger partial charge in [-0.25, -0.2) is 0 Å². The summed E-state index contributed by atoms with van der Waals surface area (Å²) in [6.07, 6.45) is 1.44. The lowest BCUT2D eigenvalue weighted by Crippen LogP contribution is -2.20. The third-order valence-electron chi connectivity index (χ3n) is 1.96. The third-order valence-corrected chi connectivity index (χ3v) is 2.69. The van der Waals surface area contributed by atoms with E-state index >= 15 is 0 Å². The van der Waals surface area contributed by atoms with Crippen molar-refractivity contribution in [3.8, 4) is 0 Å². The molecule has 0 fully saturated rings. The second-order valence-electron chi connectivity index (χ2n) is 3.58. The summed E-state index contributed by atoms with van der Waals surface area (Å²) in [5.74, 6) is 0. The van der Waals surface area contributed by atoms with Gasteiger partial charge in [0.25, 0.3) is 0 Å². The van der Waals surface area contributed by atoms with E-state index < -0.39 is 0 Å². The molecule has 0 bridgehead atoms. The second kappa shape index (κ2) is 5.37. The summed E-state index contributed by atoms with van der Waals surface area (Å²) in [5.41, 5.74) is 1.25. The number of rotatable bonds is 5. The van der Waals surface area contributed by atoms with Gasteiger partial charge in [0, 0.05) is 0 Å². The van der Waals surface area contributed by atoms with Gasteiger partial charge in [-0.05, 0) is 55.9 Å². The molecule has 2 nitrogen and oxygen atoms in total. The second-order valence-corrected chi connectivity index (χ2v) is 4.36. The predicted molar refractivity (Wildman–Crippen MR) is 57.2 cm³/mol. The monoisotopic (exact) mass is 199 g/mol. The van der Waals surface area contributed by atoms with Crippen LogP contribution in [0.4, 0.5) is 0 Å². The standard InChI is InChI=1S/C10H17NOS/c1-11(2)5-3-10(12)7-9-4-6-13-8-9/h4,6,8,10,12H,3,5,7H2,1-2H3. The van der Waals surface area contributed by atoms with Gasteiger partial charge < -0.3 is 10.0 Å². The molecule has 1 atom stereocenters. The van der Waals surface area contributed by atoms with Crippen molar-refractivity contribution in [3.63, 3.8) is 0 Å². The quantitative estimate of drug-likeness (QED) is 0.778. The van der Waals surface area contributed by atoms with Gasteiger partial charge in [-0.15, -0.1) is 0 Å². The van der Waals surface area contributed by atoms with E-state index in [4.69, 9.17) is 0 Å². The van der Waals surface area contributed by atoms with Crippen molar-refractivity contribution in [2.75, 3.05) is 20.6 Å². The minimum atomic E-state index is -0.197. The Balaban J connectivity index is 2.22. The van der Waals surface area contributed by atoms with Crippen LogP contribution >= 0.6 is 11.3 Å². The van der Waals surface area contributed by atoms with E-state index in [1.807, 2.05) is 19.5 Å². The summed E-state index contributed by atoms with van der Waals surface area (Å²) in [7, 11) is 4.05. The Morgan fingerprint density at radius 3 is 2.85 bits per heavy atom. The first-order valence-corrected chi connectivity index (χ1v) is 5.46. The first-order chi connectivity index (χ1) is 6.18. The normalized spacial score (nSPS) is 13.5. The molecular weight excluding hydrogens is 182 g/mol. The zero-order valence-corrected chi connectivity index (χ0v) is 9.05. The van der Waals surface area contributed by atoms with Crippen LogP contribution in [0.3, 0.4) is 0 Å². The van der Waals surface area contributed by atoms with Gasteiger partial charge in [-0.2, -0.15) is 11.3 Å². The number of hydrogen-bond donors (Lipinski definition) is 1. The maximum atomic E-state index is 9.65. The van der Waals surface area contributed by atoms with E-state index in [2.05, 4.69) is 16.3 Å². The van der Waals surface area contributed by atoms with Gasteiger partial charge in [-0.1, -0.05) is 0 Å². The van der Waals surface area contributed by atoms with Crippen molar-refractivity contribution in [2.45, 2.75) is 18.9 Å². The first-order valence-electron chi connectivity index (χ1n) is 4.52. The molecule has 1 unspecified atom stereocenters. The molecule has 1 heterocycles. The molecule has 0 aromatic carbocycles. The molecule has 0 amide bonds. The SMILES string of the molecule is CN(C)CCC(O)Cc1ccsc1. The maximum Gasteiger partial charge on any atom is 0.0593 e. The Labute approximate surface area is 83.8 Å². The maximum absolute atomic E-state index is 9.65. The van der Waals surface area contributed by atoms with Crippen LogP contribution in [-0.4, -0.2) is 36.8 Å². The molecule has 1 aromatic heterocycles. The predicted octanol–water partition coefficient (Wildman–Crippen LogP) is 1.60. The Hall–Kier alpha value is -0.380. The number of hydrogen-bond acceptors (Lipinski definition) is 3. The van der Waals surface area contributed by atoms with Crippen molar-refractivity contribution < 1.29 is 5.11 Å². The molecule has 74 valence electrons. The van der Waals surface area contributed by atoms with Crippen LogP contribution in [0.25, 0.3) is 0 Å². The molecule has 0 saturated carbocycles. The topological polar surface area (TPSA) is 23.5 Å². The zero-order valence-electron chi connectivity index (χ0n) is 8.23. The fraction of sp³-hybridized carbons (Fsp3) is 0.600. The fourth-order valence-electron chi connectivity index (χ4n) is 1.19. The van der Waals surface area contributed by atoms with Crippen LogP contribution in [0.5, 0.6) is 0 Å². The highest BCUT2D eigenvalue weighted by Gasteiger charge is 2.05. The van der Waals surface area contributed by atoms with Gasteiger partial charge in [-0.3, -0.25) is 0 Å². The lowest BCUT2D eigenvalue weighted by molar-refractivity contribution is 0.152. The van der Waals surface area contributed by atoms with Crippen molar-refractivity contribution in [3.05, 3.63) is 22.4 Å². The summed E-state index contributed by atoms with van der Waals surface area (Å²) in [5, 5.41) is 13.8. The molecule has 0 saturated heterocycles. The van der Waals surface area contributed by atoms with E-state index in [1.165, 1.54) is 5.56 Å². The van der Waals surface area contributed by atoms with E-state index in [0.717, 1.165) is 19.4 Å². The molecule has 13 heavy (non-hydrogen) atoms. The summed E-state index contributed by atoms with van der Waals surface area (Å²) in [4.78, 5) is 2.09. The number of thiophene rings is 1. The average Bonchev–Trinajstić information content (AvgIpc) is 2.53. The van der Waals surface area contributed by atoms with E-state index in [0.29, 0.717) is 0 Å². The molecular formula is C10H17NOS. The Morgan fingerprint density at radius 1 is 1.54 bits per heavy atom. The highest BCUT2D eigenvalue weighted by Crippen LogP contribution is 2.10. The van der Waals surface area contributed by atoms with Crippen LogP contribution in [0, 0.1) is 0 Å². The highest BCUT2D eigenvalue weighted by molar-refractivity contribution is 7.07. The first kappa shape index (κ1) is 10.7. The Bertz CT molecular complexity index is 221. The number of nitrogens with zero attached hydrogens (tertiary/aromatic N) is 1. The summed E-state index contributed by atoms with van der Waals surface area (Å²) in [6.45, 7) is 0.950. The van der Waals surface area contributed by atoms with Crippen LogP contribution in [-0.2, 0) is 6.42 Å². The lowest BCUT2D eigenvalue weighted by atomic mass is 10.1. The molecule has 1 aromatic rings. The molecule has 0 aliphatic rings. The molecule has 0 aliphatic carbocycles. The zero-order chi connectivity index (χ0) is 9.68. The summed E-state index contributed by atoms with van der Waals surface area (Å²) in [6, 6.07) is 2.07. The molecule has 0 spiro atoms. The van der Waals surface area contributed by atoms with Crippen LogP contribution in [0.15, 0.2) is 16.8 Å². The number of aliphatic hydroxyl groups is 1. The Morgan fingerprint density at radius 2 is 2.31 bits per heavy atom. The molecule has 1 N–H and O–H groups in total. The van der Waals surface area contributed by atoms with Gasteiger partial charge >= 0.3 is 0 Å². The van der Waals surface area contributed by atoms with E-state index in [9.17, 15) is 5.11 Å². The van der Waals surface area contributed by atoms with Crippen molar-refractivity contribution in [1.29, 1.82) is 0 Å². The van der Waals surface area contributed by atoms with Crippen LogP contribution < -0.4 is 0 Å². The van der Waals surface area contributed by atoms with E-state index in [-0.39, 0.29) is 6.10 Å². The highest BCUT2D eigenvalue weighted by atomic mass is 32.1. The van der Waals surface area contributed by atoms with Crippen LogP contribution in [0.2, 0.25) is 0 Å². The van der Waals surface area contributed by atoms with Gasteiger partial charge in [0.15, 0.2) is 0 Å². The van der Waals surface area contributed by atoms with Crippen LogP contribution in [0.1, 0.15) is 12.0 Å². The fourth-order valence-corrected chi connectivity index (χ4v) is 1.87. The minimum absolute atomic E-state index is 0.197. The van der Waals surface area contributed by atoms with Gasteiger partial charge in [0.05, 0.1) is 6.10 Å². The molecule has 0 aliphatic heterocycles. The minimum Gasteiger partial charge on any atom is -0.393 e. The Kier molecular flexibility index (Phi) is 4.42. The third kappa shape index (κ3) is 4.41. The number of aliphatic hydroxyl groups excluding tert-OH is 1. The van der Waals surface area contributed by atoms with Crippen molar-refractivity contribution in [1.82, 2.24) is 4.90 Å². The molecule has 3 heteroatoms. The van der Waals surface area contributed by atoms with Gasteiger partial charge in [0.1, 0.15) is 0 Å². The average molecular weight is 199 g/mol. The van der Waals surface area contributed by atoms with E-state index in [1.54, 1.807) is 11.3 Å². The van der Waals surface area contributed by atoms with Crippen molar-refractivity contribution >= 4 is 11.3 Å². The largest absolute Gasteiger partial charge is 0.393 e. The van der Waals surface area contributed by atoms with Crippen molar-refractivity contribution in [2.24, 2.45) is 0 Å². The lowest BCUT2D eigenvalue weighted by Gasteiger charge is -2.13. The molecule has 1 rings (SSSR count). The summed E-state index contributed by atoms with van der Waals surface area (Å²) < 4.78 is 0. The molecule has 0 radical (unpaired) electrons. The summed E-state index contributed by atoms with van der Waals surface area (Å²) >= 11 is 1.68.